The average Bonchev–Trinajstić information content (AvgIpc) is 3.67. The predicted octanol–water partition coefficient (Wildman–Crippen LogP) is 5.51. The Balaban J connectivity index is 1.75. The zero-order valence-corrected chi connectivity index (χ0v) is 19.7. The number of methoxy groups -OCH3 is 1. The fourth-order valence-electron chi connectivity index (χ4n) is 4.78. The average molecular weight is 530 g/mol. The van der Waals surface area contributed by atoms with Crippen LogP contribution in [0.4, 0.5) is 26.3 Å². The van der Waals surface area contributed by atoms with E-state index in [1.807, 2.05) is 0 Å². The number of carbonyl (C=O) groups is 2. The van der Waals surface area contributed by atoms with Crippen LogP contribution in [0.5, 0.6) is 5.75 Å². The van der Waals surface area contributed by atoms with Gasteiger partial charge in [0.2, 0.25) is 5.60 Å². The Morgan fingerprint density at radius 2 is 1.73 bits per heavy atom. The van der Waals surface area contributed by atoms with Gasteiger partial charge in [0.05, 0.1) is 29.8 Å². The van der Waals surface area contributed by atoms with Gasteiger partial charge < -0.3 is 14.4 Å². The molecule has 1 aromatic carbocycles. The number of hydrogen-bond donors (Lipinski definition) is 0. The number of pyridine rings is 1. The Bertz CT molecular complexity index is 1150. The molecule has 0 spiro atoms. The molecule has 0 unspecified atom stereocenters. The van der Waals surface area contributed by atoms with Crippen molar-refractivity contribution in [1.82, 2.24) is 9.88 Å². The van der Waals surface area contributed by atoms with Crippen molar-refractivity contribution in [2.45, 2.75) is 56.1 Å². The Labute approximate surface area is 208 Å². The number of carbonyl (C=O) groups excluding carboxylic acids is 2. The molecule has 2 fully saturated rings. The first-order valence-corrected chi connectivity index (χ1v) is 11.6. The van der Waals surface area contributed by atoms with Gasteiger partial charge in [0.15, 0.2) is 0 Å². The highest BCUT2D eigenvalue weighted by molar-refractivity contribution is 5.96. The minimum atomic E-state index is -4.81. The number of amides is 1. The molecule has 0 radical (unpaired) electrons. The number of benzene rings is 1. The monoisotopic (exact) mass is 530 g/mol. The maximum Gasteiger partial charge on any atom is 0.417 e. The third kappa shape index (κ3) is 5.52. The van der Waals surface area contributed by atoms with E-state index >= 15 is 0 Å². The van der Waals surface area contributed by atoms with Gasteiger partial charge in [-0.3, -0.25) is 9.78 Å². The fourth-order valence-corrected chi connectivity index (χ4v) is 4.78. The number of rotatable bonds is 6. The molecule has 1 aromatic heterocycles. The molecule has 2 aromatic rings. The third-order valence-corrected chi connectivity index (χ3v) is 6.75. The Kier molecular flexibility index (Phi) is 7.13. The lowest BCUT2D eigenvalue weighted by Gasteiger charge is -2.48. The van der Waals surface area contributed by atoms with E-state index in [2.05, 4.69) is 4.98 Å². The maximum atomic E-state index is 13.7. The van der Waals surface area contributed by atoms with E-state index in [0.717, 1.165) is 56.6 Å². The summed E-state index contributed by atoms with van der Waals surface area (Å²) in [6.07, 6.45) is -5.52. The van der Waals surface area contributed by atoms with Crippen molar-refractivity contribution in [3.63, 3.8) is 0 Å². The van der Waals surface area contributed by atoms with Gasteiger partial charge in [-0.05, 0) is 49.1 Å². The number of likely N-dealkylation sites (tertiary alicyclic amines) is 1. The molecular formula is C25H24F6N2O4. The number of piperidine rings is 1. The minimum Gasteiger partial charge on any atom is -0.473 e. The molecule has 37 heavy (non-hydrogen) atoms. The first kappa shape index (κ1) is 26.7. The molecule has 12 heteroatoms. The second-order valence-corrected chi connectivity index (χ2v) is 9.22. The molecule has 6 nitrogen and oxygen atoms in total. The second kappa shape index (κ2) is 9.86. The molecule has 1 aliphatic heterocycles. The summed E-state index contributed by atoms with van der Waals surface area (Å²) in [7, 11) is 1.11. The Morgan fingerprint density at radius 3 is 2.30 bits per heavy atom. The maximum absolute atomic E-state index is 13.7. The molecule has 2 atom stereocenters. The normalized spacial score (nSPS) is 22.5. The van der Waals surface area contributed by atoms with Gasteiger partial charge in [-0.25, -0.2) is 4.79 Å². The Morgan fingerprint density at radius 1 is 1.05 bits per heavy atom. The molecule has 0 N–H and O–H groups in total. The number of hydrogen-bond acceptors (Lipinski definition) is 5. The van der Waals surface area contributed by atoms with Gasteiger partial charge >= 0.3 is 18.3 Å². The molecule has 2 heterocycles. The highest BCUT2D eigenvalue weighted by Gasteiger charge is 2.56. The third-order valence-electron chi connectivity index (χ3n) is 6.75. The lowest BCUT2D eigenvalue weighted by molar-refractivity contribution is -0.170. The number of nitrogens with zero attached hydrogens (tertiary/aromatic N) is 2. The zero-order chi connectivity index (χ0) is 27.0. The molecule has 0 bridgehead atoms. The Hall–Kier alpha value is -3.31. The van der Waals surface area contributed by atoms with Crippen molar-refractivity contribution >= 4 is 11.9 Å². The molecule has 2 aliphatic rings. The van der Waals surface area contributed by atoms with Crippen LogP contribution in [0.1, 0.15) is 53.6 Å². The zero-order valence-electron chi connectivity index (χ0n) is 19.7. The largest absolute Gasteiger partial charge is 0.473 e. The van der Waals surface area contributed by atoms with Crippen LogP contribution in [0, 0.1) is 5.92 Å². The van der Waals surface area contributed by atoms with E-state index in [0.29, 0.717) is 6.07 Å². The molecule has 1 saturated carbocycles. The van der Waals surface area contributed by atoms with E-state index in [1.165, 1.54) is 4.90 Å². The van der Waals surface area contributed by atoms with Crippen LogP contribution in [-0.2, 0) is 21.9 Å². The lowest BCUT2D eigenvalue weighted by atomic mass is 9.80. The summed E-state index contributed by atoms with van der Waals surface area (Å²) in [5.74, 6) is -1.78. The summed E-state index contributed by atoms with van der Waals surface area (Å²) < 4.78 is 91.1. The SMILES string of the molecule is COC(=O)[C@]1(Oc2ccc(C(F)(F)F)cc2)CCCN(C(=O)c2cnccc2C(F)(F)F)[C@@H]1CC1CC1. The van der Waals surface area contributed by atoms with Gasteiger partial charge in [-0.1, -0.05) is 12.8 Å². The summed E-state index contributed by atoms with van der Waals surface area (Å²) in [6, 6.07) is 3.41. The van der Waals surface area contributed by atoms with Crippen LogP contribution in [0.25, 0.3) is 0 Å². The summed E-state index contributed by atoms with van der Waals surface area (Å²) in [6.45, 7) is 0.0531. The first-order chi connectivity index (χ1) is 17.4. The molecule has 1 aliphatic carbocycles. The van der Waals surface area contributed by atoms with Gasteiger partial charge in [0.25, 0.3) is 5.91 Å². The number of alkyl halides is 6. The molecule has 1 saturated heterocycles. The standard InChI is InChI=1S/C25H24F6N2O4/c1-36-22(35)23(37-17-7-5-16(6-8-17)24(26,27)28)10-2-12-33(20(23)13-15-3-4-15)21(34)18-14-32-11-9-19(18)25(29,30)31/h5-9,11,14-15,20H,2-4,10,12-13H2,1H3/t20-,23+/m1/s1. The summed E-state index contributed by atoms with van der Waals surface area (Å²) >= 11 is 0. The number of halogens is 6. The van der Waals surface area contributed by atoms with Crippen molar-refractivity contribution in [1.29, 1.82) is 0 Å². The van der Waals surface area contributed by atoms with Crippen LogP contribution < -0.4 is 4.74 Å². The van der Waals surface area contributed by atoms with Crippen LogP contribution >= 0.6 is 0 Å². The molecular weight excluding hydrogens is 506 g/mol. The smallest absolute Gasteiger partial charge is 0.417 e. The van der Waals surface area contributed by atoms with Gasteiger partial charge in [-0.15, -0.1) is 0 Å². The first-order valence-electron chi connectivity index (χ1n) is 11.6. The van der Waals surface area contributed by atoms with E-state index < -0.39 is 52.6 Å². The summed E-state index contributed by atoms with van der Waals surface area (Å²) in [5.41, 5.74) is -4.56. The summed E-state index contributed by atoms with van der Waals surface area (Å²) in [5, 5.41) is 0. The second-order valence-electron chi connectivity index (χ2n) is 9.22. The fraction of sp³-hybridized carbons (Fsp3) is 0.480. The van der Waals surface area contributed by atoms with Crippen LogP contribution in [0.2, 0.25) is 0 Å². The van der Waals surface area contributed by atoms with E-state index in [4.69, 9.17) is 9.47 Å². The summed E-state index contributed by atoms with van der Waals surface area (Å²) in [4.78, 5) is 31.6. The molecule has 200 valence electrons. The van der Waals surface area contributed by atoms with E-state index in [9.17, 15) is 35.9 Å². The van der Waals surface area contributed by atoms with Crippen molar-refractivity contribution in [2.75, 3.05) is 13.7 Å². The highest BCUT2D eigenvalue weighted by Crippen LogP contribution is 2.44. The van der Waals surface area contributed by atoms with Crippen molar-refractivity contribution in [3.8, 4) is 5.75 Å². The number of ether oxygens (including phenoxy) is 2. The topological polar surface area (TPSA) is 68.7 Å². The quantitative estimate of drug-likeness (QED) is 0.364. The van der Waals surface area contributed by atoms with Crippen molar-refractivity contribution < 1.29 is 45.4 Å². The number of esters is 1. The van der Waals surface area contributed by atoms with Crippen LogP contribution in [0.3, 0.4) is 0 Å². The van der Waals surface area contributed by atoms with Gasteiger partial charge in [0, 0.05) is 25.4 Å². The van der Waals surface area contributed by atoms with Gasteiger partial charge in [0.1, 0.15) is 5.75 Å². The highest BCUT2D eigenvalue weighted by atomic mass is 19.4. The van der Waals surface area contributed by atoms with Crippen molar-refractivity contribution in [3.05, 3.63) is 59.4 Å². The molecule has 1 amide bonds. The van der Waals surface area contributed by atoms with Crippen LogP contribution in [0.15, 0.2) is 42.7 Å². The van der Waals surface area contributed by atoms with Crippen molar-refractivity contribution in [2.24, 2.45) is 5.92 Å². The minimum absolute atomic E-state index is 0.0531. The predicted molar refractivity (Wildman–Crippen MR) is 117 cm³/mol. The van der Waals surface area contributed by atoms with E-state index in [-0.39, 0.29) is 37.5 Å². The van der Waals surface area contributed by atoms with Crippen LogP contribution in [-0.4, -0.2) is 47.1 Å². The number of aromatic nitrogens is 1. The lowest BCUT2D eigenvalue weighted by Crippen LogP contribution is -2.65. The van der Waals surface area contributed by atoms with E-state index in [1.54, 1.807) is 0 Å². The van der Waals surface area contributed by atoms with Gasteiger partial charge in [-0.2, -0.15) is 26.3 Å². The molecule has 4 rings (SSSR count).